The second-order valence-electron chi connectivity index (χ2n) is 3.15. The predicted molar refractivity (Wildman–Crippen MR) is 53.8 cm³/mol. The van der Waals surface area contributed by atoms with Gasteiger partial charge in [-0.25, -0.2) is 0 Å². The Morgan fingerprint density at radius 3 is 2.24 bits per heavy atom. The molecular formula is C11H7F3N2O. The molecule has 6 heteroatoms. The number of alkyl halides is 3. The van der Waals surface area contributed by atoms with Crippen LogP contribution in [-0.4, -0.2) is 12.0 Å². The van der Waals surface area contributed by atoms with Crippen LogP contribution in [0.5, 0.6) is 0 Å². The summed E-state index contributed by atoms with van der Waals surface area (Å²) in [6, 6.07) is 7.03. The molecule has 0 aliphatic rings. The fraction of sp³-hybridized carbons (Fsp3) is 0.0909. The van der Waals surface area contributed by atoms with Crippen LogP contribution in [0.15, 0.2) is 36.0 Å². The van der Waals surface area contributed by atoms with Crippen LogP contribution in [0.1, 0.15) is 15.9 Å². The Morgan fingerprint density at radius 1 is 1.29 bits per heavy atom. The zero-order valence-electron chi connectivity index (χ0n) is 8.45. The second kappa shape index (κ2) is 4.70. The van der Waals surface area contributed by atoms with E-state index in [-0.39, 0.29) is 5.56 Å². The molecule has 88 valence electrons. The highest BCUT2D eigenvalue weighted by Gasteiger charge is 2.32. The summed E-state index contributed by atoms with van der Waals surface area (Å²) in [5.41, 5.74) is 3.61. The maximum atomic E-state index is 12.1. The van der Waals surface area contributed by atoms with Gasteiger partial charge in [0.05, 0.1) is 11.6 Å². The molecule has 17 heavy (non-hydrogen) atoms. The predicted octanol–water partition coefficient (Wildman–Crippen LogP) is 2.15. The molecule has 0 radical (unpaired) electrons. The van der Waals surface area contributed by atoms with Gasteiger partial charge in [0.15, 0.2) is 5.78 Å². The van der Waals surface area contributed by atoms with Crippen molar-refractivity contribution in [3.05, 3.63) is 47.2 Å². The highest BCUT2D eigenvalue weighted by Crippen LogP contribution is 2.21. The minimum Gasteiger partial charge on any atom is -0.395 e. The third-order valence-electron chi connectivity index (χ3n) is 1.91. The number of nitrogens with zero attached hydrogens (tertiary/aromatic N) is 1. The van der Waals surface area contributed by atoms with E-state index in [1.165, 1.54) is 24.3 Å². The van der Waals surface area contributed by atoms with Crippen LogP contribution in [0, 0.1) is 11.3 Å². The molecule has 0 heterocycles. The summed E-state index contributed by atoms with van der Waals surface area (Å²) in [7, 11) is 0. The van der Waals surface area contributed by atoms with Gasteiger partial charge in [-0.15, -0.1) is 0 Å². The number of nitrogens with two attached hydrogens (primary N) is 1. The largest absolute Gasteiger partial charge is 0.430 e. The number of ketones is 1. The van der Waals surface area contributed by atoms with Crippen molar-refractivity contribution < 1.29 is 18.0 Å². The quantitative estimate of drug-likeness (QED) is 0.636. The minimum atomic E-state index is -4.72. The molecule has 0 bridgehead atoms. The fourth-order valence-corrected chi connectivity index (χ4v) is 1.02. The van der Waals surface area contributed by atoms with Gasteiger partial charge in [-0.05, 0) is 24.3 Å². The molecule has 0 unspecified atom stereocenters. The number of rotatable bonds is 2. The number of hydrogen-bond donors (Lipinski definition) is 1. The second-order valence-corrected chi connectivity index (χ2v) is 3.15. The maximum Gasteiger partial charge on any atom is 0.430 e. The first-order valence-electron chi connectivity index (χ1n) is 4.43. The number of nitriles is 1. The van der Waals surface area contributed by atoms with E-state index in [4.69, 9.17) is 11.0 Å². The van der Waals surface area contributed by atoms with Gasteiger partial charge in [0.25, 0.3) is 0 Å². The lowest BCUT2D eigenvalue weighted by Crippen LogP contribution is -2.20. The molecule has 0 atom stereocenters. The van der Waals surface area contributed by atoms with E-state index in [0.717, 1.165) is 0 Å². The molecule has 0 spiro atoms. The smallest absolute Gasteiger partial charge is 0.395 e. The first-order valence-corrected chi connectivity index (χ1v) is 4.43. The molecule has 0 saturated heterocycles. The summed E-state index contributed by atoms with van der Waals surface area (Å²) in [4.78, 5) is 11.4. The van der Waals surface area contributed by atoms with Gasteiger partial charge < -0.3 is 5.73 Å². The van der Waals surface area contributed by atoms with Crippen molar-refractivity contribution in [3.8, 4) is 6.07 Å². The molecule has 0 amide bonds. The lowest BCUT2D eigenvalue weighted by molar-refractivity contribution is -0.0927. The molecule has 1 rings (SSSR count). The Kier molecular flexibility index (Phi) is 3.53. The standard InChI is InChI=1S/C11H7F3N2O/c12-11(13,14)10(16)5-9(17)8-3-1-7(6-15)2-4-8/h1-5H,16H2/b10-5-. The Labute approximate surface area is 95.0 Å². The zero-order chi connectivity index (χ0) is 13.1. The van der Waals surface area contributed by atoms with Crippen molar-refractivity contribution in [3.63, 3.8) is 0 Å². The van der Waals surface area contributed by atoms with Gasteiger partial charge in [-0.1, -0.05) is 0 Å². The van der Waals surface area contributed by atoms with Gasteiger partial charge >= 0.3 is 6.18 Å². The Balaban J connectivity index is 2.95. The van der Waals surface area contributed by atoms with Crippen molar-refractivity contribution in [1.82, 2.24) is 0 Å². The van der Waals surface area contributed by atoms with Crippen LogP contribution >= 0.6 is 0 Å². The lowest BCUT2D eigenvalue weighted by atomic mass is 10.1. The van der Waals surface area contributed by atoms with Crippen molar-refractivity contribution in [1.29, 1.82) is 5.26 Å². The molecule has 2 N–H and O–H groups in total. The summed E-state index contributed by atoms with van der Waals surface area (Å²) in [5, 5.41) is 8.50. The van der Waals surface area contributed by atoms with Crippen molar-refractivity contribution in [2.24, 2.45) is 5.73 Å². The van der Waals surface area contributed by atoms with Crippen LogP contribution in [-0.2, 0) is 0 Å². The van der Waals surface area contributed by atoms with E-state index < -0.39 is 17.7 Å². The topological polar surface area (TPSA) is 66.9 Å². The zero-order valence-corrected chi connectivity index (χ0v) is 8.45. The summed E-state index contributed by atoms with van der Waals surface area (Å²) < 4.78 is 36.2. The van der Waals surface area contributed by atoms with E-state index in [9.17, 15) is 18.0 Å². The summed E-state index contributed by atoms with van der Waals surface area (Å²) in [6.45, 7) is 0. The number of halogens is 3. The normalized spacial score (nSPS) is 12.0. The van der Waals surface area contributed by atoms with Gasteiger partial charge in [0.2, 0.25) is 0 Å². The Bertz CT molecular complexity index is 495. The van der Waals surface area contributed by atoms with Gasteiger partial charge in [0, 0.05) is 11.6 Å². The van der Waals surface area contributed by atoms with E-state index in [1.54, 1.807) is 0 Å². The number of benzene rings is 1. The van der Waals surface area contributed by atoms with E-state index in [0.29, 0.717) is 11.6 Å². The van der Waals surface area contributed by atoms with Gasteiger partial charge in [-0.2, -0.15) is 18.4 Å². The van der Waals surface area contributed by atoms with Crippen molar-refractivity contribution in [2.75, 3.05) is 0 Å². The monoisotopic (exact) mass is 240 g/mol. The van der Waals surface area contributed by atoms with Gasteiger partial charge in [0.1, 0.15) is 5.70 Å². The minimum absolute atomic E-state index is 0.0381. The molecule has 3 nitrogen and oxygen atoms in total. The SMILES string of the molecule is N#Cc1ccc(C(=O)/C=C(\N)C(F)(F)F)cc1. The van der Waals surface area contributed by atoms with Crippen LogP contribution in [0.2, 0.25) is 0 Å². The molecule has 1 aromatic rings. The van der Waals surface area contributed by atoms with E-state index in [2.05, 4.69) is 0 Å². The average molecular weight is 240 g/mol. The van der Waals surface area contributed by atoms with Crippen LogP contribution in [0.4, 0.5) is 13.2 Å². The van der Waals surface area contributed by atoms with Crippen molar-refractivity contribution >= 4 is 5.78 Å². The molecule has 0 aromatic heterocycles. The fourth-order valence-electron chi connectivity index (χ4n) is 1.02. The number of allylic oxidation sites excluding steroid dienone is 2. The molecule has 0 fully saturated rings. The molecule has 0 aliphatic heterocycles. The molecule has 0 saturated carbocycles. The Hall–Kier alpha value is -2.29. The summed E-state index contributed by atoms with van der Waals surface area (Å²) in [6.07, 6.45) is -4.40. The van der Waals surface area contributed by atoms with E-state index in [1.807, 2.05) is 6.07 Å². The van der Waals surface area contributed by atoms with Crippen LogP contribution < -0.4 is 5.73 Å². The summed E-state index contributed by atoms with van der Waals surface area (Å²) >= 11 is 0. The molecular weight excluding hydrogens is 233 g/mol. The Morgan fingerprint density at radius 2 is 1.82 bits per heavy atom. The van der Waals surface area contributed by atoms with Gasteiger partial charge in [-0.3, -0.25) is 4.79 Å². The van der Waals surface area contributed by atoms with E-state index >= 15 is 0 Å². The highest BCUT2D eigenvalue weighted by atomic mass is 19.4. The number of carbonyl (C=O) groups is 1. The highest BCUT2D eigenvalue weighted by molar-refractivity contribution is 6.04. The lowest BCUT2D eigenvalue weighted by Gasteiger charge is -2.05. The third-order valence-corrected chi connectivity index (χ3v) is 1.91. The van der Waals surface area contributed by atoms with Crippen LogP contribution in [0.3, 0.4) is 0 Å². The average Bonchev–Trinajstić information content (AvgIpc) is 2.27. The first-order chi connectivity index (χ1) is 7.84. The number of carbonyl (C=O) groups excluding carboxylic acids is 1. The third kappa shape index (κ3) is 3.34. The first kappa shape index (κ1) is 12.8. The maximum absolute atomic E-state index is 12.1. The molecule has 0 aliphatic carbocycles. The molecule has 1 aromatic carbocycles. The number of hydrogen-bond acceptors (Lipinski definition) is 3. The summed E-state index contributed by atoms with van der Waals surface area (Å²) in [5.74, 6) is -0.857. The van der Waals surface area contributed by atoms with Crippen LogP contribution in [0.25, 0.3) is 0 Å². The van der Waals surface area contributed by atoms with Crippen molar-refractivity contribution in [2.45, 2.75) is 6.18 Å².